The number of benzene rings is 1. The SMILES string of the molecule is CN=C(NCCc1ccc(-n2cccn2)cc1)NCC(C)CN1CCCC1.I. The molecule has 1 aliphatic rings. The van der Waals surface area contributed by atoms with Crippen LogP contribution in [0.5, 0.6) is 0 Å². The number of halogens is 1. The van der Waals surface area contributed by atoms with Gasteiger partial charge in [0.05, 0.1) is 5.69 Å². The normalized spacial score (nSPS) is 15.9. The van der Waals surface area contributed by atoms with Gasteiger partial charge in [-0.2, -0.15) is 5.10 Å². The smallest absolute Gasteiger partial charge is 0.190 e. The summed E-state index contributed by atoms with van der Waals surface area (Å²) in [6.45, 7) is 7.81. The third-order valence-electron chi connectivity index (χ3n) is 5.02. The van der Waals surface area contributed by atoms with Crippen molar-refractivity contribution in [2.75, 3.05) is 39.8 Å². The van der Waals surface area contributed by atoms with Crippen molar-refractivity contribution in [3.8, 4) is 5.69 Å². The first-order valence-corrected chi connectivity index (χ1v) is 10.0. The van der Waals surface area contributed by atoms with E-state index >= 15 is 0 Å². The number of nitrogens with one attached hydrogen (secondary N) is 2. The standard InChI is InChI=1S/C21H32N6.HI/c1-18(17-26-13-3-4-14-26)16-24-21(22-2)23-12-10-19-6-8-20(9-7-19)27-15-5-11-25-27;/h5-9,11,15,18H,3-4,10,12-14,16-17H2,1-2H3,(H2,22,23,24);1H. The second-order valence-electron chi connectivity index (χ2n) is 7.36. The van der Waals surface area contributed by atoms with Crippen molar-refractivity contribution in [1.29, 1.82) is 0 Å². The van der Waals surface area contributed by atoms with Crippen molar-refractivity contribution < 1.29 is 0 Å². The van der Waals surface area contributed by atoms with Gasteiger partial charge in [-0.15, -0.1) is 24.0 Å². The number of hydrogen-bond donors (Lipinski definition) is 2. The van der Waals surface area contributed by atoms with Crippen LogP contribution in [-0.4, -0.2) is 60.4 Å². The molecule has 1 saturated heterocycles. The van der Waals surface area contributed by atoms with Crippen molar-refractivity contribution >= 4 is 29.9 Å². The van der Waals surface area contributed by atoms with E-state index in [0.29, 0.717) is 5.92 Å². The zero-order valence-electron chi connectivity index (χ0n) is 17.0. The molecule has 0 bridgehead atoms. The van der Waals surface area contributed by atoms with Gasteiger partial charge in [-0.3, -0.25) is 4.99 Å². The van der Waals surface area contributed by atoms with Crippen LogP contribution in [-0.2, 0) is 6.42 Å². The first-order valence-electron chi connectivity index (χ1n) is 10.0. The van der Waals surface area contributed by atoms with Gasteiger partial charge >= 0.3 is 0 Å². The highest BCUT2D eigenvalue weighted by molar-refractivity contribution is 14.0. The zero-order chi connectivity index (χ0) is 18.9. The summed E-state index contributed by atoms with van der Waals surface area (Å²) >= 11 is 0. The Bertz CT molecular complexity index is 692. The highest BCUT2D eigenvalue weighted by Gasteiger charge is 2.14. The van der Waals surface area contributed by atoms with Crippen molar-refractivity contribution in [2.24, 2.45) is 10.9 Å². The van der Waals surface area contributed by atoms with E-state index in [0.717, 1.165) is 31.2 Å². The Kier molecular flexibility index (Phi) is 9.77. The summed E-state index contributed by atoms with van der Waals surface area (Å²) in [7, 11) is 1.83. The molecule has 2 N–H and O–H groups in total. The van der Waals surface area contributed by atoms with Crippen LogP contribution in [0, 0.1) is 5.92 Å². The molecule has 7 heteroatoms. The maximum atomic E-state index is 4.34. The van der Waals surface area contributed by atoms with Crippen LogP contribution in [0.25, 0.3) is 5.69 Å². The Balaban J connectivity index is 0.00000280. The average Bonchev–Trinajstić information content (AvgIpc) is 3.39. The Morgan fingerprint density at radius 3 is 2.57 bits per heavy atom. The highest BCUT2D eigenvalue weighted by Crippen LogP contribution is 2.10. The van der Waals surface area contributed by atoms with Crippen LogP contribution in [0.2, 0.25) is 0 Å². The molecule has 1 atom stereocenters. The van der Waals surface area contributed by atoms with Crippen LogP contribution in [0.4, 0.5) is 0 Å². The lowest BCUT2D eigenvalue weighted by molar-refractivity contribution is 0.287. The number of guanidine groups is 1. The third-order valence-corrected chi connectivity index (χ3v) is 5.02. The lowest BCUT2D eigenvalue weighted by Gasteiger charge is -2.21. The van der Waals surface area contributed by atoms with Crippen molar-refractivity contribution in [2.45, 2.75) is 26.2 Å². The molecule has 0 radical (unpaired) electrons. The summed E-state index contributed by atoms with van der Waals surface area (Å²) < 4.78 is 1.87. The van der Waals surface area contributed by atoms with Gasteiger partial charge < -0.3 is 15.5 Å². The van der Waals surface area contributed by atoms with Crippen LogP contribution in [0.3, 0.4) is 0 Å². The second-order valence-corrected chi connectivity index (χ2v) is 7.36. The average molecular weight is 496 g/mol. The first-order chi connectivity index (χ1) is 13.2. The van der Waals surface area contributed by atoms with Gasteiger partial charge in [-0.1, -0.05) is 19.1 Å². The molecule has 0 aliphatic carbocycles. The summed E-state index contributed by atoms with van der Waals surface area (Å²) in [6.07, 6.45) is 7.42. The van der Waals surface area contributed by atoms with Crippen molar-refractivity contribution in [1.82, 2.24) is 25.3 Å². The number of nitrogens with zero attached hydrogens (tertiary/aromatic N) is 4. The molecule has 1 unspecified atom stereocenters. The topological polar surface area (TPSA) is 57.5 Å². The van der Waals surface area contributed by atoms with Gasteiger partial charge in [0.1, 0.15) is 0 Å². The molecular weight excluding hydrogens is 463 g/mol. The van der Waals surface area contributed by atoms with Crippen molar-refractivity contribution in [3.05, 3.63) is 48.3 Å². The van der Waals surface area contributed by atoms with E-state index in [-0.39, 0.29) is 24.0 Å². The monoisotopic (exact) mass is 496 g/mol. The van der Waals surface area contributed by atoms with Crippen molar-refractivity contribution in [3.63, 3.8) is 0 Å². The van der Waals surface area contributed by atoms with E-state index in [1.807, 2.05) is 24.0 Å². The van der Waals surface area contributed by atoms with Gasteiger partial charge in [-0.25, -0.2) is 4.68 Å². The molecule has 1 fully saturated rings. The van der Waals surface area contributed by atoms with Gasteiger partial charge in [0.25, 0.3) is 0 Å². The molecule has 28 heavy (non-hydrogen) atoms. The molecule has 2 heterocycles. The van der Waals surface area contributed by atoms with Crippen LogP contribution in [0.15, 0.2) is 47.7 Å². The summed E-state index contributed by atoms with van der Waals surface area (Å²) in [5.41, 5.74) is 2.39. The van der Waals surface area contributed by atoms with Gasteiger partial charge in [0.2, 0.25) is 0 Å². The minimum Gasteiger partial charge on any atom is -0.356 e. The third kappa shape index (κ3) is 7.09. The molecule has 6 nitrogen and oxygen atoms in total. The number of aliphatic imine (C=N–C) groups is 1. The maximum absolute atomic E-state index is 4.34. The predicted molar refractivity (Wildman–Crippen MR) is 127 cm³/mol. The summed E-state index contributed by atoms with van der Waals surface area (Å²) in [4.78, 5) is 6.91. The predicted octanol–water partition coefficient (Wildman–Crippen LogP) is 2.93. The molecule has 2 aromatic rings. The Morgan fingerprint density at radius 2 is 1.93 bits per heavy atom. The van der Waals surface area contributed by atoms with Gasteiger partial charge in [0.15, 0.2) is 5.96 Å². The summed E-state index contributed by atoms with van der Waals surface area (Å²) in [5, 5.41) is 11.1. The molecule has 1 aromatic carbocycles. The molecule has 1 aliphatic heterocycles. The summed E-state index contributed by atoms with van der Waals surface area (Å²) in [5.74, 6) is 1.51. The molecule has 154 valence electrons. The quantitative estimate of drug-likeness (QED) is 0.335. The van der Waals surface area contributed by atoms with Gasteiger partial charge in [-0.05, 0) is 62.0 Å². The molecule has 0 spiro atoms. The van der Waals surface area contributed by atoms with E-state index in [4.69, 9.17) is 0 Å². The van der Waals surface area contributed by atoms with Crippen LogP contribution >= 0.6 is 24.0 Å². The van der Waals surface area contributed by atoms with Gasteiger partial charge in [0, 0.05) is 39.1 Å². The van der Waals surface area contributed by atoms with E-state index < -0.39 is 0 Å². The van der Waals surface area contributed by atoms with E-state index in [9.17, 15) is 0 Å². The highest BCUT2D eigenvalue weighted by atomic mass is 127. The number of rotatable bonds is 8. The van der Waals surface area contributed by atoms with E-state index in [1.54, 1.807) is 6.20 Å². The molecule has 1 aromatic heterocycles. The minimum atomic E-state index is 0. The largest absolute Gasteiger partial charge is 0.356 e. The first kappa shape index (κ1) is 22.7. The Labute approximate surface area is 185 Å². The zero-order valence-corrected chi connectivity index (χ0v) is 19.3. The van der Waals surface area contributed by atoms with Crippen LogP contribution in [0.1, 0.15) is 25.3 Å². The second kappa shape index (κ2) is 12.1. The van der Waals surface area contributed by atoms with E-state index in [2.05, 4.69) is 56.8 Å². The lowest BCUT2D eigenvalue weighted by atomic mass is 10.1. The number of aromatic nitrogens is 2. The minimum absolute atomic E-state index is 0. The Hall–Kier alpha value is -1.61. The molecular formula is C21H33IN6. The molecule has 3 rings (SSSR count). The summed E-state index contributed by atoms with van der Waals surface area (Å²) in [6, 6.07) is 10.5. The maximum Gasteiger partial charge on any atom is 0.190 e. The fraction of sp³-hybridized carbons (Fsp3) is 0.524. The Morgan fingerprint density at radius 1 is 1.18 bits per heavy atom. The fourth-order valence-corrected chi connectivity index (χ4v) is 3.52. The van der Waals surface area contributed by atoms with Crippen LogP contribution < -0.4 is 10.6 Å². The fourth-order valence-electron chi connectivity index (χ4n) is 3.52. The lowest BCUT2D eigenvalue weighted by Crippen LogP contribution is -2.42. The molecule has 0 saturated carbocycles. The van der Waals surface area contributed by atoms with E-state index in [1.165, 1.54) is 38.0 Å². The number of hydrogen-bond acceptors (Lipinski definition) is 3. The number of likely N-dealkylation sites (tertiary alicyclic amines) is 1. The molecule has 0 amide bonds.